The fourth-order valence-electron chi connectivity index (χ4n) is 3.06. The van der Waals surface area contributed by atoms with Crippen LogP contribution >= 0.6 is 0 Å². The Morgan fingerprint density at radius 2 is 1.69 bits per heavy atom. The monoisotopic (exact) mass is 352 g/mol. The third-order valence-electron chi connectivity index (χ3n) is 4.67. The van der Waals surface area contributed by atoms with E-state index in [-0.39, 0.29) is 11.8 Å². The number of carbonyl (C=O) groups is 2. The van der Waals surface area contributed by atoms with Crippen molar-refractivity contribution in [2.75, 3.05) is 31.5 Å². The van der Waals surface area contributed by atoms with Crippen LogP contribution in [0, 0.1) is 13.8 Å². The minimum atomic E-state index is -0.0506. The molecule has 2 amide bonds. The molecule has 0 atom stereocenters. The first-order valence-corrected chi connectivity index (χ1v) is 8.78. The van der Waals surface area contributed by atoms with Gasteiger partial charge in [-0.3, -0.25) is 14.6 Å². The van der Waals surface area contributed by atoms with Crippen LogP contribution in [0.15, 0.2) is 36.7 Å². The molecule has 6 heteroatoms. The van der Waals surface area contributed by atoms with E-state index < -0.39 is 0 Å². The fourth-order valence-corrected chi connectivity index (χ4v) is 3.06. The number of anilines is 2. The molecular formula is C20H24N4O2. The van der Waals surface area contributed by atoms with Gasteiger partial charge in [-0.2, -0.15) is 0 Å². The first-order valence-electron chi connectivity index (χ1n) is 8.78. The average molecular weight is 352 g/mol. The summed E-state index contributed by atoms with van der Waals surface area (Å²) in [5.41, 5.74) is 4.64. The lowest BCUT2D eigenvalue weighted by Gasteiger charge is -2.34. The Labute approximate surface area is 153 Å². The molecule has 26 heavy (non-hydrogen) atoms. The largest absolute Gasteiger partial charge is 0.354 e. The van der Waals surface area contributed by atoms with Gasteiger partial charge in [0, 0.05) is 45.0 Å². The Hall–Kier alpha value is -2.89. The van der Waals surface area contributed by atoms with Gasteiger partial charge in [0.1, 0.15) is 0 Å². The van der Waals surface area contributed by atoms with Crippen molar-refractivity contribution in [1.29, 1.82) is 0 Å². The summed E-state index contributed by atoms with van der Waals surface area (Å²) in [6.45, 7) is 7.90. The summed E-state index contributed by atoms with van der Waals surface area (Å²) in [6, 6.07) is 8.03. The minimum Gasteiger partial charge on any atom is -0.354 e. The number of rotatable bonds is 3. The van der Waals surface area contributed by atoms with Crippen molar-refractivity contribution < 1.29 is 9.59 Å². The van der Waals surface area contributed by atoms with E-state index in [1.54, 1.807) is 29.1 Å². The molecule has 1 fully saturated rings. The van der Waals surface area contributed by atoms with Crippen molar-refractivity contribution in [2.45, 2.75) is 20.8 Å². The third-order valence-corrected chi connectivity index (χ3v) is 4.67. The van der Waals surface area contributed by atoms with Crippen LogP contribution in [-0.4, -0.2) is 52.8 Å². The maximum atomic E-state index is 12.8. The topological polar surface area (TPSA) is 65.5 Å². The minimum absolute atomic E-state index is 0.0506. The van der Waals surface area contributed by atoms with E-state index in [2.05, 4.69) is 28.5 Å². The summed E-state index contributed by atoms with van der Waals surface area (Å²) < 4.78 is 0. The highest BCUT2D eigenvalue weighted by atomic mass is 16.2. The van der Waals surface area contributed by atoms with Crippen LogP contribution in [0.5, 0.6) is 0 Å². The average Bonchev–Trinajstić information content (AvgIpc) is 2.64. The smallest absolute Gasteiger partial charge is 0.255 e. The molecule has 0 saturated carbocycles. The van der Waals surface area contributed by atoms with Gasteiger partial charge < -0.3 is 15.1 Å². The van der Waals surface area contributed by atoms with E-state index in [0.29, 0.717) is 31.7 Å². The number of aryl methyl sites for hydroxylation is 2. The second-order valence-corrected chi connectivity index (χ2v) is 6.70. The first-order chi connectivity index (χ1) is 12.4. The standard InChI is InChI=1S/C20H24N4O2/c1-14-4-5-15(2)19(10-14)22-18-11-17(12-21-13-18)20(26)24-8-6-23(7-9-24)16(3)25/h4-5,10-13,22H,6-9H2,1-3H3. The number of piperazine rings is 1. The number of aromatic nitrogens is 1. The molecule has 1 aromatic carbocycles. The van der Waals surface area contributed by atoms with Crippen molar-refractivity contribution in [2.24, 2.45) is 0 Å². The number of nitrogens with one attached hydrogen (secondary N) is 1. The normalized spacial score (nSPS) is 14.3. The molecule has 1 aliphatic heterocycles. The van der Waals surface area contributed by atoms with Gasteiger partial charge in [0.15, 0.2) is 0 Å². The third kappa shape index (κ3) is 4.02. The highest BCUT2D eigenvalue weighted by Gasteiger charge is 2.23. The van der Waals surface area contributed by atoms with Crippen LogP contribution in [-0.2, 0) is 4.79 Å². The summed E-state index contributed by atoms with van der Waals surface area (Å²) in [6.07, 6.45) is 3.31. The van der Waals surface area contributed by atoms with E-state index >= 15 is 0 Å². The molecule has 2 heterocycles. The maximum absolute atomic E-state index is 12.8. The molecule has 136 valence electrons. The zero-order chi connectivity index (χ0) is 18.7. The van der Waals surface area contributed by atoms with Gasteiger partial charge in [0.25, 0.3) is 5.91 Å². The number of carbonyl (C=O) groups excluding carboxylic acids is 2. The molecule has 1 saturated heterocycles. The van der Waals surface area contributed by atoms with E-state index in [1.165, 1.54) is 5.56 Å². The zero-order valence-corrected chi connectivity index (χ0v) is 15.5. The van der Waals surface area contributed by atoms with Crippen molar-refractivity contribution >= 4 is 23.2 Å². The molecule has 0 spiro atoms. The molecule has 1 aliphatic rings. The molecular weight excluding hydrogens is 328 g/mol. The highest BCUT2D eigenvalue weighted by Crippen LogP contribution is 2.22. The second kappa shape index (κ2) is 7.56. The lowest BCUT2D eigenvalue weighted by molar-refractivity contribution is -0.130. The van der Waals surface area contributed by atoms with Crippen LogP contribution in [0.4, 0.5) is 11.4 Å². The fraction of sp³-hybridized carbons (Fsp3) is 0.350. The number of hydrogen-bond donors (Lipinski definition) is 1. The lowest BCUT2D eigenvalue weighted by Crippen LogP contribution is -2.50. The number of hydrogen-bond acceptors (Lipinski definition) is 4. The van der Waals surface area contributed by atoms with Gasteiger partial charge >= 0.3 is 0 Å². The molecule has 0 bridgehead atoms. The Bertz CT molecular complexity index is 826. The van der Waals surface area contributed by atoms with E-state index in [0.717, 1.165) is 16.9 Å². The summed E-state index contributed by atoms with van der Waals surface area (Å²) >= 11 is 0. The van der Waals surface area contributed by atoms with E-state index in [1.807, 2.05) is 19.9 Å². The van der Waals surface area contributed by atoms with Crippen molar-refractivity contribution in [3.8, 4) is 0 Å². The highest BCUT2D eigenvalue weighted by molar-refractivity contribution is 5.95. The first kappa shape index (κ1) is 17.9. The van der Waals surface area contributed by atoms with Gasteiger partial charge in [0.05, 0.1) is 17.4 Å². The number of nitrogens with zero attached hydrogens (tertiary/aromatic N) is 3. The van der Waals surface area contributed by atoms with Gasteiger partial charge in [0.2, 0.25) is 5.91 Å². The maximum Gasteiger partial charge on any atom is 0.255 e. The van der Waals surface area contributed by atoms with E-state index in [4.69, 9.17) is 0 Å². The SMILES string of the molecule is CC(=O)N1CCN(C(=O)c2cncc(Nc3cc(C)ccc3C)c2)CC1. The van der Waals surface area contributed by atoms with Crippen LogP contribution in [0.25, 0.3) is 0 Å². The molecule has 2 aromatic rings. The van der Waals surface area contributed by atoms with Gasteiger partial charge in [-0.05, 0) is 37.1 Å². The molecule has 1 N–H and O–H groups in total. The molecule has 3 rings (SSSR count). The van der Waals surface area contributed by atoms with Crippen LogP contribution in [0.3, 0.4) is 0 Å². The summed E-state index contributed by atoms with van der Waals surface area (Å²) in [4.78, 5) is 31.9. The number of amides is 2. The Balaban J connectivity index is 1.72. The van der Waals surface area contributed by atoms with Crippen LogP contribution < -0.4 is 5.32 Å². The number of benzene rings is 1. The summed E-state index contributed by atoms with van der Waals surface area (Å²) in [5.74, 6) is 0.00352. The molecule has 0 radical (unpaired) electrons. The summed E-state index contributed by atoms with van der Waals surface area (Å²) in [7, 11) is 0. The predicted octanol–water partition coefficient (Wildman–Crippen LogP) is 2.75. The predicted molar refractivity (Wildman–Crippen MR) is 102 cm³/mol. The molecule has 0 aliphatic carbocycles. The van der Waals surface area contributed by atoms with Crippen molar-refractivity contribution in [3.05, 3.63) is 53.3 Å². The van der Waals surface area contributed by atoms with Gasteiger partial charge in [-0.25, -0.2) is 0 Å². The van der Waals surface area contributed by atoms with E-state index in [9.17, 15) is 9.59 Å². The lowest BCUT2D eigenvalue weighted by atomic mass is 10.1. The summed E-state index contributed by atoms with van der Waals surface area (Å²) in [5, 5.41) is 3.35. The zero-order valence-electron chi connectivity index (χ0n) is 15.5. The number of pyridine rings is 1. The Kier molecular flexibility index (Phi) is 5.21. The van der Waals surface area contributed by atoms with Crippen LogP contribution in [0.2, 0.25) is 0 Å². The van der Waals surface area contributed by atoms with Gasteiger partial charge in [-0.1, -0.05) is 12.1 Å². The van der Waals surface area contributed by atoms with Crippen molar-refractivity contribution in [1.82, 2.24) is 14.8 Å². The van der Waals surface area contributed by atoms with Gasteiger partial charge in [-0.15, -0.1) is 0 Å². The quantitative estimate of drug-likeness (QED) is 0.922. The molecule has 1 aromatic heterocycles. The Morgan fingerprint density at radius 3 is 2.38 bits per heavy atom. The van der Waals surface area contributed by atoms with Crippen molar-refractivity contribution in [3.63, 3.8) is 0 Å². The van der Waals surface area contributed by atoms with Crippen LogP contribution in [0.1, 0.15) is 28.4 Å². The second-order valence-electron chi connectivity index (χ2n) is 6.70. The molecule has 6 nitrogen and oxygen atoms in total. The Morgan fingerprint density at radius 1 is 1.00 bits per heavy atom. The molecule has 0 unspecified atom stereocenters.